The highest BCUT2D eigenvalue weighted by molar-refractivity contribution is 5.65. The molecule has 0 saturated heterocycles. The molecule has 0 bridgehead atoms. The molecule has 0 saturated carbocycles. The molecule has 0 unspecified atom stereocenters. The number of hydrogen-bond donors (Lipinski definition) is 0. The molecule has 0 aliphatic carbocycles. The molecule has 0 aromatic carbocycles. The zero-order valence-electron chi connectivity index (χ0n) is 12.2. The highest BCUT2D eigenvalue weighted by Gasteiger charge is 1.93. The molecule has 0 amide bonds. The zero-order chi connectivity index (χ0) is 13.5. The third kappa shape index (κ3) is 15.2. The SMILES string of the molecule is CCCCC/C=C/CCCCCCCOC(C)=O. The van der Waals surface area contributed by atoms with Crippen LogP contribution in [0, 0.1) is 0 Å². The largest absolute Gasteiger partial charge is 0.466 e. The minimum absolute atomic E-state index is 0.164. The van der Waals surface area contributed by atoms with Gasteiger partial charge in [-0.25, -0.2) is 0 Å². The maximum atomic E-state index is 10.5. The Kier molecular flexibility index (Phi) is 13.6. The number of carbonyl (C=O) groups is 1. The molecule has 0 radical (unpaired) electrons. The van der Waals surface area contributed by atoms with Crippen molar-refractivity contribution < 1.29 is 9.53 Å². The second-order valence-corrected chi connectivity index (χ2v) is 4.86. The summed E-state index contributed by atoms with van der Waals surface area (Å²) in [7, 11) is 0. The van der Waals surface area contributed by atoms with Crippen LogP contribution in [0.3, 0.4) is 0 Å². The molecule has 0 spiro atoms. The maximum Gasteiger partial charge on any atom is 0.302 e. The van der Waals surface area contributed by atoms with E-state index in [4.69, 9.17) is 4.74 Å². The second-order valence-electron chi connectivity index (χ2n) is 4.86. The number of allylic oxidation sites excluding steroid dienone is 2. The van der Waals surface area contributed by atoms with Crippen molar-refractivity contribution in [1.29, 1.82) is 0 Å². The van der Waals surface area contributed by atoms with Gasteiger partial charge < -0.3 is 4.74 Å². The van der Waals surface area contributed by atoms with E-state index >= 15 is 0 Å². The lowest BCUT2D eigenvalue weighted by Crippen LogP contribution is -1.99. The van der Waals surface area contributed by atoms with Gasteiger partial charge in [0.1, 0.15) is 0 Å². The van der Waals surface area contributed by atoms with E-state index in [2.05, 4.69) is 19.1 Å². The summed E-state index contributed by atoms with van der Waals surface area (Å²) in [6, 6.07) is 0. The fraction of sp³-hybridized carbons (Fsp3) is 0.812. The lowest BCUT2D eigenvalue weighted by molar-refractivity contribution is -0.141. The molecule has 0 rings (SSSR count). The monoisotopic (exact) mass is 254 g/mol. The first-order valence-corrected chi connectivity index (χ1v) is 7.55. The van der Waals surface area contributed by atoms with Gasteiger partial charge in [0.25, 0.3) is 0 Å². The lowest BCUT2D eigenvalue weighted by atomic mass is 10.1. The molecule has 106 valence electrons. The third-order valence-electron chi connectivity index (χ3n) is 2.96. The lowest BCUT2D eigenvalue weighted by Gasteiger charge is -2.01. The molecule has 0 aliphatic rings. The van der Waals surface area contributed by atoms with Crippen LogP contribution < -0.4 is 0 Å². The summed E-state index contributed by atoms with van der Waals surface area (Å²) >= 11 is 0. The number of rotatable bonds is 12. The highest BCUT2D eigenvalue weighted by Crippen LogP contribution is 2.07. The minimum Gasteiger partial charge on any atom is -0.466 e. The van der Waals surface area contributed by atoms with Crippen molar-refractivity contribution in [2.24, 2.45) is 0 Å². The predicted octanol–water partition coefficient (Wildman–Crippen LogP) is 5.03. The topological polar surface area (TPSA) is 26.3 Å². The highest BCUT2D eigenvalue weighted by atomic mass is 16.5. The van der Waals surface area contributed by atoms with Crippen molar-refractivity contribution in [3.63, 3.8) is 0 Å². The quantitative estimate of drug-likeness (QED) is 0.277. The average molecular weight is 254 g/mol. The molecule has 0 aliphatic heterocycles. The van der Waals surface area contributed by atoms with Crippen molar-refractivity contribution in [2.45, 2.75) is 78.1 Å². The first kappa shape index (κ1) is 17.2. The van der Waals surface area contributed by atoms with Crippen molar-refractivity contribution in [2.75, 3.05) is 6.61 Å². The summed E-state index contributed by atoms with van der Waals surface area (Å²) < 4.78 is 4.88. The fourth-order valence-electron chi connectivity index (χ4n) is 1.86. The minimum atomic E-state index is -0.164. The van der Waals surface area contributed by atoms with Crippen LogP contribution in [-0.4, -0.2) is 12.6 Å². The normalized spacial score (nSPS) is 11.0. The van der Waals surface area contributed by atoms with E-state index in [1.807, 2.05) is 0 Å². The van der Waals surface area contributed by atoms with Gasteiger partial charge in [0, 0.05) is 6.92 Å². The Labute approximate surface area is 113 Å². The first-order chi connectivity index (χ1) is 8.77. The van der Waals surface area contributed by atoms with E-state index in [1.54, 1.807) is 0 Å². The van der Waals surface area contributed by atoms with Crippen LogP contribution in [0.5, 0.6) is 0 Å². The van der Waals surface area contributed by atoms with Gasteiger partial charge in [0.2, 0.25) is 0 Å². The van der Waals surface area contributed by atoms with E-state index in [9.17, 15) is 4.79 Å². The van der Waals surface area contributed by atoms with Crippen LogP contribution in [-0.2, 0) is 9.53 Å². The molecule has 2 heteroatoms. The summed E-state index contributed by atoms with van der Waals surface area (Å²) in [5, 5.41) is 0. The van der Waals surface area contributed by atoms with Crippen molar-refractivity contribution in [1.82, 2.24) is 0 Å². The Hall–Kier alpha value is -0.790. The number of unbranched alkanes of at least 4 members (excludes halogenated alkanes) is 8. The van der Waals surface area contributed by atoms with Crippen molar-refractivity contribution in [3.8, 4) is 0 Å². The summed E-state index contributed by atoms with van der Waals surface area (Å²) in [6.07, 6.45) is 17.1. The molecular weight excluding hydrogens is 224 g/mol. The van der Waals surface area contributed by atoms with Crippen molar-refractivity contribution in [3.05, 3.63) is 12.2 Å². The molecule has 0 atom stereocenters. The molecule has 18 heavy (non-hydrogen) atoms. The molecule has 0 heterocycles. The van der Waals surface area contributed by atoms with Gasteiger partial charge in [-0.05, 0) is 32.1 Å². The molecule has 0 aromatic rings. The molecule has 0 aromatic heterocycles. The van der Waals surface area contributed by atoms with Gasteiger partial charge in [-0.3, -0.25) is 4.79 Å². The van der Waals surface area contributed by atoms with Crippen LogP contribution >= 0.6 is 0 Å². The Bertz CT molecular complexity index is 209. The standard InChI is InChI=1S/C16H30O2/c1-3-4-5-6-7-8-9-10-11-12-13-14-15-18-16(2)17/h7-8H,3-6,9-15H2,1-2H3/b8-7+. The van der Waals surface area contributed by atoms with Gasteiger partial charge in [-0.15, -0.1) is 0 Å². The van der Waals surface area contributed by atoms with Crippen LogP contribution in [0.25, 0.3) is 0 Å². The Morgan fingerprint density at radius 2 is 1.44 bits per heavy atom. The number of esters is 1. The fourth-order valence-corrected chi connectivity index (χ4v) is 1.86. The average Bonchev–Trinajstić information content (AvgIpc) is 2.34. The van der Waals surface area contributed by atoms with Gasteiger partial charge in [-0.1, -0.05) is 51.2 Å². The molecular formula is C16H30O2. The van der Waals surface area contributed by atoms with Gasteiger partial charge in [0.05, 0.1) is 6.61 Å². The second kappa shape index (κ2) is 14.3. The summed E-state index contributed by atoms with van der Waals surface area (Å²) in [5.74, 6) is -0.164. The van der Waals surface area contributed by atoms with E-state index in [0.717, 1.165) is 6.42 Å². The smallest absolute Gasteiger partial charge is 0.302 e. The van der Waals surface area contributed by atoms with Gasteiger partial charge in [0.15, 0.2) is 0 Å². The van der Waals surface area contributed by atoms with E-state index in [1.165, 1.54) is 64.7 Å². The molecule has 0 N–H and O–H groups in total. The van der Waals surface area contributed by atoms with Gasteiger partial charge >= 0.3 is 5.97 Å². The van der Waals surface area contributed by atoms with Gasteiger partial charge in [-0.2, -0.15) is 0 Å². The van der Waals surface area contributed by atoms with Crippen LogP contribution in [0.15, 0.2) is 12.2 Å². The Morgan fingerprint density at radius 1 is 0.889 bits per heavy atom. The van der Waals surface area contributed by atoms with Crippen LogP contribution in [0.2, 0.25) is 0 Å². The number of ether oxygens (including phenoxy) is 1. The van der Waals surface area contributed by atoms with E-state index < -0.39 is 0 Å². The zero-order valence-corrected chi connectivity index (χ0v) is 12.2. The van der Waals surface area contributed by atoms with E-state index in [-0.39, 0.29) is 5.97 Å². The predicted molar refractivity (Wildman–Crippen MR) is 77.6 cm³/mol. The number of hydrogen-bond acceptors (Lipinski definition) is 2. The molecule has 2 nitrogen and oxygen atoms in total. The van der Waals surface area contributed by atoms with Crippen molar-refractivity contribution >= 4 is 5.97 Å². The maximum absolute atomic E-state index is 10.5. The number of carbonyl (C=O) groups excluding carboxylic acids is 1. The Balaban J connectivity index is 3.04. The van der Waals surface area contributed by atoms with Crippen LogP contribution in [0.1, 0.15) is 78.1 Å². The Morgan fingerprint density at radius 3 is 2.06 bits per heavy atom. The third-order valence-corrected chi connectivity index (χ3v) is 2.96. The summed E-state index contributed by atoms with van der Waals surface area (Å²) in [6.45, 7) is 4.30. The summed E-state index contributed by atoms with van der Waals surface area (Å²) in [4.78, 5) is 10.5. The molecule has 0 fully saturated rings. The summed E-state index contributed by atoms with van der Waals surface area (Å²) in [5.41, 5.74) is 0. The van der Waals surface area contributed by atoms with Crippen LogP contribution in [0.4, 0.5) is 0 Å². The van der Waals surface area contributed by atoms with E-state index in [0.29, 0.717) is 6.61 Å². The first-order valence-electron chi connectivity index (χ1n) is 7.55.